The van der Waals surface area contributed by atoms with E-state index in [2.05, 4.69) is 10.5 Å². The lowest BCUT2D eigenvalue weighted by Gasteiger charge is -2.16. The first kappa shape index (κ1) is 23.6. The minimum Gasteiger partial charge on any atom is -0.505 e. The summed E-state index contributed by atoms with van der Waals surface area (Å²) in [7, 11) is 1.34. The fraction of sp³-hybridized carbons (Fsp3) is 0.421. The van der Waals surface area contributed by atoms with Gasteiger partial charge in [-0.25, -0.2) is 9.37 Å². The number of phenolic OH excluding ortho intramolecular Hbond substituents is 1. The summed E-state index contributed by atoms with van der Waals surface area (Å²) >= 11 is 11.8. The Hall–Kier alpha value is -2.01. The molecule has 0 aliphatic carbocycles. The second-order valence-corrected chi connectivity index (χ2v) is 7.60. The number of ether oxygens (including phenoxy) is 2. The van der Waals surface area contributed by atoms with Gasteiger partial charge in [-0.2, -0.15) is 18.7 Å². The molecular formula is C19H18Cl2F4N2O4. The van der Waals surface area contributed by atoms with Crippen LogP contribution in [-0.4, -0.2) is 29.9 Å². The maximum Gasteiger partial charge on any atom is 0.417 e. The normalized spacial score (nSPS) is 18.9. The Balaban J connectivity index is 1.53. The van der Waals surface area contributed by atoms with Crippen molar-refractivity contribution in [1.82, 2.24) is 10.5 Å². The van der Waals surface area contributed by atoms with Crippen LogP contribution < -0.4 is 15.0 Å². The van der Waals surface area contributed by atoms with Gasteiger partial charge >= 0.3 is 6.18 Å². The van der Waals surface area contributed by atoms with Crippen molar-refractivity contribution in [3.05, 3.63) is 45.3 Å². The molecule has 0 bridgehead atoms. The van der Waals surface area contributed by atoms with Crippen molar-refractivity contribution in [3.63, 3.8) is 0 Å². The van der Waals surface area contributed by atoms with Crippen molar-refractivity contribution in [1.29, 1.82) is 0 Å². The fourth-order valence-electron chi connectivity index (χ4n) is 3.19. The van der Waals surface area contributed by atoms with Gasteiger partial charge in [-0.1, -0.05) is 23.2 Å². The lowest BCUT2D eigenvalue weighted by Crippen LogP contribution is -2.15. The highest BCUT2D eigenvalue weighted by atomic mass is 35.5. The molecule has 2 atom stereocenters. The number of alkyl halides is 3. The summed E-state index contributed by atoms with van der Waals surface area (Å²) in [6.45, 7) is 0.137. The van der Waals surface area contributed by atoms with Gasteiger partial charge in [0.05, 0.1) is 42.0 Å². The number of phenols is 1. The van der Waals surface area contributed by atoms with E-state index in [0.29, 0.717) is 25.5 Å². The molecule has 1 aliphatic heterocycles. The van der Waals surface area contributed by atoms with Crippen molar-refractivity contribution in [2.24, 2.45) is 0 Å². The highest BCUT2D eigenvalue weighted by Gasteiger charge is 2.33. The van der Waals surface area contributed by atoms with Crippen LogP contribution in [0.3, 0.4) is 0 Å². The second-order valence-electron chi connectivity index (χ2n) is 6.78. The predicted molar refractivity (Wildman–Crippen MR) is 104 cm³/mol. The number of pyridine rings is 1. The molecule has 0 amide bonds. The molecule has 0 saturated carbocycles. The number of hydroxylamine groups is 1. The summed E-state index contributed by atoms with van der Waals surface area (Å²) in [6.07, 6.45) is -2.86. The molecule has 1 fully saturated rings. The number of rotatable bonds is 7. The third-order valence-corrected chi connectivity index (χ3v) is 5.21. The number of benzene rings is 1. The maximum atomic E-state index is 14.4. The van der Waals surface area contributed by atoms with Crippen LogP contribution in [0.2, 0.25) is 10.0 Å². The van der Waals surface area contributed by atoms with Gasteiger partial charge in [0, 0.05) is 12.3 Å². The average molecular weight is 485 g/mol. The molecule has 1 aromatic carbocycles. The molecule has 6 nitrogen and oxygen atoms in total. The van der Waals surface area contributed by atoms with Crippen LogP contribution in [0, 0.1) is 5.82 Å². The standard InChI is InChI=1S/C19H18Cl2F4N2O4/c1-29-17-11(20)7-14(28)16(22)15(17)13-6-10(31-27-13)3-2-4-30-18-12(21)5-9(8-26-18)19(23,24)25/h5,7-8,10,13,27-28H,2-4,6H2,1H3. The van der Waals surface area contributed by atoms with Gasteiger partial charge in [0.1, 0.15) is 10.8 Å². The first-order chi connectivity index (χ1) is 14.6. The summed E-state index contributed by atoms with van der Waals surface area (Å²) in [5, 5.41) is 9.54. The lowest BCUT2D eigenvalue weighted by molar-refractivity contribution is -0.137. The van der Waals surface area contributed by atoms with Gasteiger partial charge in [0.25, 0.3) is 0 Å². The van der Waals surface area contributed by atoms with Crippen LogP contribution in [0.5, 0.6) is 17.4 Å². The van der Waals surface area contributed by atoms with E-state index in [0.717, 1.165) is 12.1 Å². The van der Waals surface area contributed by atoms with Crippen LogP contribution in [0.25, 0.3) is 0 Å². The van der Waals surface area contributed by atoms with Crippen LogP contribution in [0.1, 0.15) is 36.4 Å². The van der Waals surface area contributed by atoms with E-state index in [9.17, 15) is 22.7 Å². The molecule has 2 aromatic rings. The van der Waals surface area contributed by atoms with Crippen molar-refractivity contribution in [3.8, 4) is 17.4 Å². The maximum absolute atomic E-state index is 14.4. The van der Waals surface area contributed by atoms with Gasteiger partial charge in [-0.05, 0) is 25.3 Å². The Morgan fingerprint density at radius 2 is 2.03 bits per heavy atom. The molecule has 1 aromatic heterocycles. The molecule has 31 heavy (non-hydrogen) atoms. The highest BCUT2D eigenvalue weighted by Crippen LogP contribution is 2.42. The zero-order valence-electron chi connectivity index (χ0n) is 16.1. The lowest BCUT2D eigenvalue weighted by atomic mass is 9.98. The van der Waals surface area contributed by atoms with E-state index < -0.39 is 29.3 Å². The summed E-state index contributed by atoms with van der Waals surface area (Å²) < 4.78 is 62.9. The van der Waals surface area contributed by atoms with Gasteiger partial charge in [0.15, 0.2) is 11.6 Å². The first-order valence-electron chi connectivity index (χ1n) is 9.13. The summed E-state index contributed by atoms with van der Waals surface area (Å²) in [5.74, 6) is -1.45. The van der Waals surface area contributed by atoms with Crippen molar-refractivity contribution in [2.75, 3.05) is 13.7 Å². The Bertz CT molecular complexity index is 946. The molecular weight excluding hydrogens is 467 g/mol. The molecule has 2 unspecified atom stereocenters. The van der Waals surface area contributed by atoms with E-state index in [-0.39, 0.29) is 39.9 Å². The van der Waals surface area contributed by atoms with Crippen LogP contribution in [-0.2, 0) is 11.0 Å². The first-order valence-corrected chi connectivity index (χ1v) is 9.89. The third-order valence-electron chi connectivity index (χ3n) is 4.66. The van der Waals surface area contributed by atoms with Gasteiger partial charge in [0.2, 0.25) is 5.88 Å². The molecule has 0 radical (unpaired) electrons. The Morgan fingerprint density at radius 1 is 1.29 bits per heavy atom. The minimum atomic E-state index is -4.54. The average Bonchev–Trinajstić information content (AvgIpc) is 3.16. The summed E-state index contributed by atoms with van der Waals surface area (Å²) in [6, 6.07) is 1.21. The van der Waals surface area contributed by atoms with E-state index >= 15 is 0 Å². The zero-order chi connectivity index (χ0) is 22.8. The van der Waals surface area contributed by atoms with Crippen LogP contribution in [0.15, 0.2) is 18.3 Å². The van der Waals surface area contributed by atoms with Gasteiger partial charge in [-0.3, -0.25) is 4.84 Å². The van der Waals surface area contributed by atoms with E-state index in [1.807, 2.05) is 0 Å². The van der Waals surface area contributed by atoms with E-state index in [4.69, 9.17) is 37.5 Å². The number of hydrogen-bond donors (Lipinski definition) is 2. The molecule has 0 spiro atoms. The third kappa shape index (κ3) is 5.43. The number of aromatic hydroxyl groups is 1. The smallest absolute Gasteiger partial charge is 0.417 e. The number of aromatic nitrogens is 1. The molecule has 1 aliphatic rings. The molecule has 2 N–H and O–H groups in total. The Kier molecular flexibility index (Phi) is 7.35. The quantitative estimate of drug-likeness (QED) is 0.401. The predicted octanol–water partition coefficient (Wildman–Crippen LogP) is 5.45. The van der Waals surface area contributed by atoms with Crippen molar-refractivity contribution >= 4 is 23.2 Å². The molecule has 170 valence electrons. The molecule has 12 heteroatoms. The molecule has 3 rings (SSSR count). The van der Waals surface area contributed by atoms with Gasteiger partial charge < -0.3 is 14.6 Å². The second kappa shape index (κ2) is 9.64. The summed E-state index contributed by atoms with van der Waals surface area (Å²) in [5.41, 5.74) is 1.81. The van der Waals surface area contributed by atoms with Gasteiger partial charge in [-0.15, -0.1) is 0 Å². The zero-order valence-corrected chi connectivity index (χ0v) is 17.6. The number of methoxy groups -OCH3 is 1. The summed E-state index contributed by atoms with van der Waals surface area (Å²) in [4.78, 5) is 9.07. The molecule has 2 heterocycles. The Morgan fingerprint density at radius 3 is 2.68 bits per heavy atom. The number of nitrogens with one attached hydrogen (secondary N) is 1. The van der Waals surface area contributed by atoms with E-state index in [1.54, 1.807) is 0 Å². The monoisotopic (exact) mass is 484 g/mol. The van der Waals surface area contributed by atoms with Crippen molar-refractivity contribution < 1.29 is 37.0 Å². The number of nitrogens with zero attached hydrogens (tertiary/aromatic N) is 1. The Labute approximate surface area is 185 Å². The van der Waals surface area contributed by atoms with Crippen LogP contribution in [0.4, 0.5) is 17.6 Å². The number of halogens is 6. The number of hydrogen-bond acceptors (Lipinski definition) is 6. The topological polar surface area (TPSA) is 72.8 Å². The SMILES string of the molecule is COc1c(Cl)cc(O)c(F)c1C1CC(CCCOc2ncc(C(F)(F)F)cc2Cl)ON1. The molecule has 1 saturated heterocycles. The highest BCUT2D eigenvalue weighted by molar-refractivity contribution is 6.32. The fourth-order valence-corrected chi connectivity index (χ4v) is 3.69. The van der Waals surface area contributed by atoms with Crippen molar-refractivity contribution in [2.45, 2.75) is 37.6 Å². The van der Waals surface area contributed by atoms with E-state index in [1.165, 1.54) is 7.11 Å². The minimum absolute atomic E-state index is 0.0620. The van der Waals surface area contributed by atoms with Crippen LogP contribution >= 0.6 is 23.2 Å². The largest absolute Gasteiger partial charge is 0.505 e.